The summed E-state index contributed by atoms with van der Waals surface area (Å²) in [6.45, 7) is 3.32. The number of β-amino-alcohol motifs (C(OH)–C–C–N with tert-alkyl or cyclic N) is 1. The summed E-state index contributed by atoms with van der Waals surface area (Å²) in [7, 11) is 3.98. The number of rotatable bonds is 4. The molecule has 0 bridgehead atoms. The number of carbonyl (C=O) groups excluding carboxylic acids is 1. The Kier molecular flexibility index (Phi) is 4.78. The first-order chi connectivity index (χ1) is 9.51. The normalized spacial score (nSPS) is 22.6. The number of nitrogens with zero attached hydrogens (tertiary/aromatic N) is 2. The molecule has 0 spiro atoms. The molecule has 4 nitrogen and oxygen atoms in total. The first-order valence-corrected chi connectivity index (χ1v) is 7.24. The lowest BCUT2D eigenvalue weighted by Gasteiger charge is -2.27. The van der Waals surface area contributed by atoms with Crippen molar-refractivity contribution in [2.24, 2.45) is 0 Å². The van der Waals surface area contributed by atoms with Gasteiger partial charge < -0.3 is 14.9 Å². The molecule has 0 saturated carbocycles. The maximum absolute atomic E-state index is 12.6. The van der Waals surface area contributed by atoms with Crippen LogP contribution in [0.1, 0.15) is 29.3 Å². The fourth-order valence-corrected chi connectivity index (χ4v) is 2.78. The molecule has 1 fully saturated rings. The lowest BCUT2D eigenvalue weighted by atomic mass is 10.1. The third-order valence-electron chi connectivity index (χ3n) is 3.84. The highest BCUT2D eigenvalue weighted by molar-refractivity contribution is 5.94. The van der Waals surface area contributed by atoms with Gasteiger partial charge in [0.05, 0.1) is 6.10 Å². The predicted octanol–water partition coefficient (Wildman–Crippen LogP) is 1.39. The molecule has 20 heavy (non-hydrogen) atoms. The highest BCUT2D eigenvalue weighted by atomic mass is 16.3. The molecule has 0 aliphatic carbocycles. The summed E-state index contributed by atoms with van der Waals surface area (Å²) in [4.78, 5) is 16.5. The van der Waals surface area contributed by atoms with Gasteiger partial charge in [-0.3, -0.25) is 4.79 Å². The van der Waals surface area contributed by atoms with E-state index in [1.165, 1.54) is 5.56 Å². The van der Waals surface area contributed by atoms with Crippen molar-refractivity contribution in [1.82, 2.24) is 9.80 Å². The minimum atomic E-state index is -0.404. The zero-order valence-electron chi connectivity index (χ0n) is 12.5. The third kappa shape index (κ3) is 3.38. The average Bonchev–Trinajstić information content (AvgIpc) is 2.78. The van der Waals surface area contributed by atoms with Crippen LogP contribution in [0.5, 0.6) is 0 Å². The molecule has 1 amide bonds. The van der Waals surface area contributed by atoms with Crippen LogP contribution in [-0.4, -0.2) is 60.1 Å². The molecule has 1 aromatic rings. The molecule has 1 heterocycles. The van der Waals surface area contributed by atoms with Gasteiger partial charge in [-0.05, 0) is 44.6 Å². The molecule has 4 heteroatoms. The maximum Gasteiger partial charge on any atom is 0.254 e. The predicted molar refractivity (Wildman–Crippen MR) is 79.8 cm³/mol. The maximum atomic E-state index is 12.6. The summed E-state index contributed by atoms with van der Waals surface area (Å²) in [5.41, 5.74) is 1.94. The van der Waals surface area contributed by atoms with E-state index in [-0.39, 0.29) is 11.9 Å². The molecule has 0 radical (unpaired) electrons. The monoisotopic (exact) mass is 276 g/mol. The molecule has 2 atom stereocenters. The van der Waals surface area contributed by atoms with Gasteiger partial charge in [0, 0.05) is 24.7 Å². The van der Waals surface area contributed by atoms with Gasteiger partial charge in [0.25, 0.3) is 5.91 Å². The molecule has 1 saturated heterocycles. The van der Waals surface area contributed by atoms with Crippen LogP contribution in [0.3, 0.4) is 0 Å². The number of hydrogen-bond donors (Lipinski definition) is 1. The summed E-state index contributed by atoms with van der Waals surface area (Å²) in [6, 6.07) is 7.87. The Balaban J connectivity index is 2.13. The van der Waals surface area contributed by atoms with Gasteiger partial charge in [0.1, 0.15) is 0 Å². The van der Waals surface area contributed by atoms with Gasteiger partial charge in [-0.2, -0.15) is 0 Å². The first kappa shape index (κ1) is 15.0. The number of likely N-dealkylation sites (N-methyl/N-ethyl adjacent to an activating group) is 1. The van der Waals surface area contributed by atoms with Crippen LogP contribution in [0.15, 0.2) is 24.3 Å². The SMILES string of the molecule is CCc1ccc(C(=O)N2CC(O)CC2CN(C)C)cc1. The zero-order valence-corrected chi connectivity index (χ0v) is 12.5. The molecule has 1 aromatic carbocycles. The Morgan fingerprint density at radius 1 is 1.35 bits per heavy atom. The third-order valence-corrected chi connectivity index (χ3v) is 3.84. The second kappa shape index (κ2) is 6.37. The molecule has 2 unspecified atom stereocenters. The van der Waals surface area contributed by atoms with Crippen LogP contribution in [0.2, 0.25) is 0 Å². The van der Waals surface area contributed by atoms with Crippen molar-refractivity contribution in [2.75, 3.05) is 27.2 Å². The van der Waals surface area contributed by atoms with Crippen molar-refractivity contribution in [3.63, 3.8) is 0 Å². The number of aryl methyl sites for hydroxylation is 1. The molecular formula is C16H24N2O2. The van der Waals surface area contributed by atoms with E-state index in [1.54, 1.807) is 0 Å². The number of benzene rings is 1. The number of likely N-dealkylation sites (tertiary alicyclic amines) is 1. The van der Waals surface area contributed by atoms with E-state index in [1.807, 2.05) is 43.3 Å². The van der Waals surface area contributed by atoms with Crippen LogP contribution in [0.25, 0.3) is 0 Å². The van der Waals surface area contributed by atoms with E-state index in [0.717, 1.165) is 13.0 Å². The largest absolute Gasteiger partial charge is 0.391 e. The lowest BCUT2D eigenvalue weighted by Crippen LogP contribution is -2.41. The van der Waals surface area contributed by atoms with E-state index >= 15 is 0 Å². The highest BCUT2D eigenvalue weighted by Crippen LogP contribution is 2.21. The molecule has 2 rings (SSSR count). The molecule has 1 aliphatic rings. The van der Waals surface area contributed by atoms with E-state index in [4.69, 9.17) is 0 Å². The molecule has 1 aliphatic heterocycles. The molecular weight excluding hydrogens is 252 g/mol. The summed E-state index contributed by atoms with van der Waals surface area (Å²) >= 11 is 0. The number of carbonyl (C=O) groups is 1. The molecule has 110 valence electrons. The van der Waals surface area contributed by atoms with Gasteiger partial charge in [-0.1, -0.05) is 19.1 Å². The van der Waals surface area contributed by atoms with Crippen molar-refractivity contribution in [1.29, 1.82) is 0 Å². The second-order valence-corrected chi connectivity index (χ2v) is 5.81. The fourth-order valence-electron chi connectivity index (χ4n) is 2.78. The Morgan fingerprint density at radius 2 is 2.00 bits per heavy atom. The average molecular weight is 276 g/mol. The van der Waals surface area contributed by atoms with Crippen LogP contribution in [-0.2, 0) is 6.42 Å². The number of amides is 1. The Bertz CT molecular complexity index is 456. The number of aliphatic hydroxyl groups excluding tert-OH is 1. The van der Waals surface area contributed by atoms with Crippen molar-refractivity contribution >= 4 is 5.91 Å². The Labute approximate surface area is 121 Å². The van der Waals surface area contributed by atoms with Crippen LogP contribution in [0.4, 0.5) is 0 Å². The summed E-state index contributed by atoms with van der Waals surface area (Å²) < 4.78 is 0. The topological polar surface area (TPSA) is 43.8 Å². The van der Waals surface area contributed by atoms with Gasteiger partial charge in [-0.15, -0.1) is 0 Å². The van der Waals surface area contributed by atoms with Crippen LogP contribution >= 0.6 is 0 Å². The molecule has 1 N–H and O–H groups in total. The summed E-state index contributed by atoms with van der Waals surface area (Å²) in [6.07, 6.45) is 1.23. The summed E-state index contributed by atoms with van der Waals surface area (Å²) in [5.74, 6) is 0.0241. The van der Waals surface area contributed by atoms with Crippen LogP contribution in [0, 0.1) is 0 Å². The van der Waals surface area contributed by atoms with Crippen molar-refractivity contribution in [3.8, 4) is 0 Å². The first-order valence-electron chi connectivity index (χ1n) is 7.24. The number of hydrogen-bond acceptors (Lipinski definition) is 3. The minimum absolute atomic E-state index is 0.0241. The highest BCUT2D eigenvalue weighted by Gasteiger charge is 2.34. The van der Waals surface area contributed by atoms with E-state index in [0.29, 0.717) is 18.5 Å². The fraction of sp³-hybridized carbons (Fsp3) is 0.562. The quantitative estimate of drug-likeness (QED) is 0.903. The Hall–Kier alpha value is -1.39. The van der Waals surface area contributed by atoms with Gasteiger partial charge in [-0.25, -0.2) is 0 Å². The standard InChI is InChI=1S/C16H24N2O2/c1-4-12-5-7-13(8-6-12)16(20)18-11-15(19)9-14(18)10-17(2)3/h5-8,14-15,19H,4,9-11H2,1-3H3. The van der Waals surface area contributed by atoms with Crippen molar-refractivity contribution in [2.45, 2.75) is 31.9 Å². The van der Waals surface area contributed by atoms with E-state index in [2.05, 4.69) is 11.8 Å². The number of aliphatic hydroxyl groups is 1. The zero-order chi connectivity index (χ0) is 14.7. The van der Waals surface area contributed by atoms with E-state index < -0.39 is 6.10 Å². The van der Waals surface area contributed by atoms with Gasteiger partial charge in [0.15, 0.2) is 0 Å². The second-order valence-electron chi connectivity index (χ2n) is 5.81. The smallest absolute Gasteiger partial charge is 0.254 e. The molecule has 0 aromatic heterocycles. The van der Waals surface area contributed by atoms with Crippen LogP contribution < -0.4 is 0 Å². The minimum Gasteiger partial charge on any atom is -0.391 e. The van der Waals surface area contributed by atoms with Gasteiger partial charge in [0.2, 0.25) is 0 Å². The van der Waals surface area contributed by atoms with Crippen molar-refractivity contribution in [3.05, 3.63) is 35.4 Å². The summed E-state index contributed by atoms with van der Waals surface area (Å²) in [5, 5.41) is 9.85. The lowest BCUT2D eigenvalue weighted by molar-refractivity contribution is 0.0699. The Morgan fingerprint density at radius 3 is 2.55 bits per heavy atom. The van der Waals surface area contributed by atoms with Gasteiger partial charge >= 0.3 is 0 Å². The van der Waals surface area contributed by atoms with E-state index in [9.17, 15) is 9.90 Å². The van der Waals surface area contributed by atoms with Crippen molar-refractivity contribution < 1.29 is 9.90 Å².